The van der Waals surface area contributed by atoms with E-state index in [9.17, 15) is 13.6 Å². The Morgan fingerprint density at radius 2 is 2.10 bits per heavy atom. The second-order valence-corrected chi connectivity index (χ2v) is 5.56. The zero-order chi connectivity index (χ0) is 20.4. The van der Waals surface area contributed by atoms with E-state index in [1.807, 2.05) is 0 Å². The van der Waals surface area contributed by atoms with Crippen LogP contribution in [0.5, 0.6) is 11.5 Å². The second kappa shape index (κ2) is 7.58. The molecule has 0 saturated heterocycles. The molecule has 4 rings (SSSR count). The molecular formula is C17H12F2N4O6. The SMILES string of the molecule is COc1cc(-c2noc(Cn3nc(-c4ccco4)oc3=O)n2)ccc1OC(F)F. The maximum absolute atomic E-state index is 12.4. The smallest absolute Gasteiger partial charge is 0.437 e. The predicted octanol–water partition coefficient (Wildman–Crippen LogP) is 2.80. The number of ether oxygens (including phenoxy) is 2. The minimum absolute atomic E-state index is 0.0130. The molecule has 3 aromatic heterocycles. The van der Waals surface area contributed by atoms with E-state index >= 15 is 0 Å². The van der Waals surface area contributed by atoms with Crippen LogP contribution >= 0.6 is 0 Å². The van der Waals surface area contributed by atoms with Crippen LogP contribution < -0.4 is 15.2 Å². The minimum atomic E-state index is -2.99. The van der Waals surface area contributed by atoms with E-state index in [-0.39, 0.29) is 35.6 Å². The van der Waals surface area contributed by atoms with E-state index in [4.69, 9.17) is 18.1 Å². The number of furan rings is 1. The highest BCUT2D eigenvalue weighted by Gasteiger charge is 2.17. The second-order valence-electron chi connectivity index (χ2n) is 5.56. The zero-order valence-corrected chi connectivity index (χ0v) is 14.7. The van der Waals surface area contributed by atoms with Crippen LogP contribution in [0.3, 0.4) is 0 Å². The van der Waals surface area contributed by atoms with Gasteiger partial charge in [-0.25, -0.2) is 4.79 Å². The average Bonchev–Trinajstić information content (AvgIpc) is 3.44. The van der Waals surface area contributed by atoms with Crippen LogP contribution in [0.2, 0.25) is 0 Å². The summed E-state index contributed by atoms with van der Waals surface area (Å²) in [5.74, 6) is -0.242. The highest BCUT2D eigenvalue weighted by molar-refractivity contribution is 5.60. The van der Waals surface area contributed by atoms with E-state index < -0.39 is 12.4 Å². The van der Waals surface area contributed by atoms with Gasteiger partial charge in [0.05, 0.1) is 13.4 Å². The van der Waals surface area contributed by atoms with Crippen molar-refractivity contribution in [3.8, 4) is 34.5 Å². The van der Waals surface area contributed by atoms with Gasteiger partial charge >= 0.3 is 12.4 Å². The monoisotopic (exact) mass is 406 g/mol. The van der Waals surface area contributed by atoms with E-state index in [1.165, 1.54) is 31.6 Å². The first kappa shape index (κ1) is 18.4. The van der Waals surface area contributed by atoms with Crippen molar-refractivity contribution in [1.82, 2.24) is 19.9 Å². The molecule has 0 fully saturated rings. The van der Waals surface area contributed by atoms with Crippen molar-refractivity contribution in [3.63, 3.8) is 0 Å². The number of halogens is 2. The quantitative estimate of drug-likeness (QED) is 0.456. The third-order valence-corrected chi connectivity index (χ3v) is 3.73. The molecule has 3 heterocycles. The van der Waals surface area contributed by atoms with Crippen molar-refractivity contribution >= 4 is 0 Å². The lowest BCUT2D eigenvalue weighted by atomic mass is 10.2. The molecule has 0 atom stereocenters. The van der Waals surface area contributed by atoms with Crippen LogP contribution in [0.1, 0.15) is 5.89 Å². The summed E-state index contributed by atoms with van der Waals surface area (Å²) in [4.78, 5) is 16.1. The van der Waals surface area contributed by atoms with Gasteiger partial charge in [-0.1, -0.05) is 5.16 Å². The number of methoxy groups -OCH3 is 1. The highest BCUT2D eigenvalue weighted by Crippen LogP contribution is 2.32. The summed E-state index contributed by atoms with van der Waals surface area (Å²) in [5, 5.41) is 7.82. The number of hydrogen-bond acceptors (Lipinski definition) is 9. The van der Waals surface area contributed by atoms with Crippen molar-refractivity contribution in [1.29, 1.82) is 0 Å². The van der Waals surface area contributed by atoms with Crippen molar-refractivity contribution in [2.75, 3.05) is 7.11 Å². The van der Waals surface area contributed by atoms with Gasteiger partial charge in [-0.2, -0.15) is 18.4 Å². The molecule has 0 amide bonds. The molecule has 1 aromatic carbocycles. The number of hydrogen-bond donors (Lipinski definition) is 0. The third-order valence-electron chi connectivity index (χ3n) is 3.73. The largest absolute Gasteiger partial charge is 0.493 e. The lowest BCUT2D eigenvalue weighted by molar-refractivity contribution is -0.0512. The lowest BCUT2D eigenvalue weighted by Gasteiger charge is -2.10. The Balaban J connectivity index is 1.55. The molecule has 0 saturated carbocycles. The Bertz CT molecular complexity index is 1170. The number of rotatable bonds is 7. The number of aromatic nitrogens is 4. The molecule has 0 N–H and O–H groups in total. The number of benzene rings is 1. The molecule has 0 spiro atoms. The zero-order valence-electron chi connectivity index (χ0n) is 14.7. The number of alkyl halides is 2. The van der Waals surface area contributed by atoms with E-state index in [2.05, 4.69) is 20.0 Å². The Morgan fingerprint density at radius 3 is 2.83 bits per heavy atom. The molecule has 0 aliphatic carbocycles. The predicted molar refractivity (Wildman–Crippen MR) is 90.5 cm³/mol. The fourth-order valence-corrected chi connectivity index (χ4v) is 2.47. The van der Waals surface area contributed by atoms with Crippen LogP contribution in [0.4, 0.5) is 8.78 Å². The van der Waals surface area contributed by atoms with Gasteiger partial charge < -0.3 is 22.8 Å². The molecule has 0 unspecified atom stereocenters. The van der Waals surface area contributed by atoms with Crippen molar-refractivity contribution in [3.05, 3.63) is 53.0 Å². The van der Waals surface area contributed by atoms with Gasteiger partial charge in [0.2, 0.25) is 11.7 Å². The molecule has 0 radical (unpaired) electrons. The Morgan fingerprint density at radius 1 is 1.24 bits per heavy atom. The van der Waals surface area contributed by atoms with Crippen LogP contribution in [-0.2, 0) is 6.54 Å². The van der Waals surface area contributed by atoms with Crippen LogP contribution in [-0.4, -0.2) is 33.6 Å². The third kappa shape index (κ3) is 3.85. The van der Waals surface area contributed by atoms with E-state index in [1.54, 1.807) is 12.1 Å². The summed E-state index contributed by atoms with van der Waals surface area (Å²) >= 11 is 0. The Labute approximate surface area is 160 Å². The van der Waals surface area contributed by atoms with Gasteiger partial charge in [0.15, 0.2) is 17.3 Å². The van der Waals surface area contributed by atoms with Gasteiger partial charge in [-0.15, -0.1) is 5.10 Å². The first-order valence-corrected chi connectivity index (χ1v) is 8.11. The van der Waals surface area contributed by atoms with Crippen molar-refractivity contribution in [2.45, 2.75) is 13.2 Å². The molecule has 12 heteroatoms. The summed E-state index contributed by atoms with van der Waals surface area (Å²) < 4.78 is 50.5. The molecule has 4 aromatic rings. The Hall–Kier alpha value is -3.96. The first-order chi connectivity index (χ1) is 14.0. The topological polar surface area (TPSA) is 119 Å². The summed E-state index contributed by atoms with van der Waals surface area (Å²) in [5.41, 5.74) is 0.433. The normalized spacial score (nSPS) is 11.2. The van der Waals surface area contributed by atoms with Crippen LogP contribution in [0, 0.1) is 0 Å². The fourth-order valence-electron chi connectivity index (χ4n) is 2.47. The van der Waals surface area contributed by atoms with Crippen LogP contribution in [0.15, 0.2) is 54.7 Å². The standard InChI is InChI=1S/C17H12F2N4O6/c1-25-12-7-9(4-5-10(12)27-16(18)19)14-20-13(29-22-14)8-23-17(24)28-15(21-23)11-3-2-6-26-11/h2-7,16H,8H2,1H3. The summed E-state index contributed by atoms with van der Waals surface area (Å²) in [6, 6.07) is 7.41. The molecule has 0 aliphatic heterocycles. The summed E-state index contributed by atoms with van der Waals surface area (Å²) in [7, 11) is 1.31. The lowest BCUT2D eigenvalue weighted by Crippen LogP contribution is -2.16. The van der Waals surface area contributed by atoms with Gasteiger partial charge in [0, 0.05) is 5.56 Å². The van der Waals surface area contributed by atoms with Gasteiger partial charge in [-0.3, -0.25) is 0 Å². The molecule has 29 heavy (non-hydrogen) atoms. The maximum atomic E-state index is 12.4. The minimum Gasteiger partial charge on any atom is -0.493 e. The molecule has 0 bridgehead atoms. The van der Waals surface area contributed by atoms with Crippen molar-refractivity contribution in [2.24, 2.45) is 0 Å². The van der Waals surface area contributed by atoms with Gasteiger partial charge in [0.25, 0.3) is 5.89 Å². The molecular weight excluding hydrogens is 394 g/mol. The number of nitrogens with zero attached hydrogens (tertiary/aromatic N) is 4. The molecule has 150 valence electrons. The average molecular weight is 406 g/mol. The molecule has 0 aliphatic rings. The van der Waals surface area contributed by atoms with E-state index in [0.717, 1.165) is 4.68 Å². The van der Waals surface area contributed by atoms with Crippen LogP contribution in [0.25, 0.3) is 23.0 Å². The van der Waals surface area contributed by atoms with E-state index in [0.29, 0.717) is 11.3 Å². The molecule has 10 nitrogen and oxygen atoms in total. The summed E-state index contributed by atoms with van der Waals surface area (Å²) in [6.45, 7) is -3.13. The first-order valence-electron chi connectivity index (χ1n) is 8.11. The summed E-state index contributed by atoms with van der Waals surface area (Å²) in [6.07, 6.45) is 1.42. The highest BCUT2D eigenvalue weighted by atomic mass is 19.3. The fraction of sp³-hybridized carbons (Fsp3) is 0.176. The van der Waals surface area contributed by atoms with Crippen molar-refractivity contribution < 1.29 is 31.6 Å². The van der Waals surface area contributed by atoms with Gasteiger partial charge in [0.1, 0.15) is 6.54 Å². The maximum Gasteiger partial charge on any atom is 0.437 e. The van der Waals surface area contributed by atoms with Gasteiger partial charge in [-0.05, 0) is 30.3 Å². The Kier molecular flexibility index (Phi) is 4.81.